The van der Waals surface area contributed by atoms with Crippen LogP contribution in [0.5, 0.6) is 0 Å². The number of rotatable bonds is 4. The third kappa shape index (κ3) is 3.34. The van der Waals surface area contributed by atoms with Gasteiger partial charge in [-0.2, -0.15) is 23.3 Å². The van der Waals surface area contributed by atoms with Crippen LogP contribution in [0.25, 0.3) is 22.1 Å². The summed E-state index contributed by atoms with van der Waals surface area (Å²) < 4.78 is 39.5. The summed E-state index contributed by atoms with van der Waals surface area (Å²) in [5.41, 5.74) is 2.19. The highest BCUT2D eigenvalue weighted by Crippen LogP contribution is 2.37. The van der Waals surface area contributed by atoms with Gasteiger partial charge in [-0.25, -0.2) is 5.43 Å². The van der Waals surface area contributed by atoms with Crippen molar-refractivity contribution in [1.29, 1.82) is 0 Å². The van der Waals surface area contributed by atoms with Crippen LogP contribution in [0.15, 0.2) is 23.3 Å². The van der Waals surface area contributed by atoms with E-state index in [1.54, 1.807) is 0 Å². The van der Waals surface area contributed by atoms with Gasteiger partial charge in [0.1, 0.15) is 5.52 Å². The second-order valence-electron chi connectivity index (χ2n) is 5.21. The van der Waals surface area contributed by atoms with Crippen molar-refractivity contribution in [3.8, 4) is 0 Å². The Morgan fingerprint density at radius 3 is 2.80 bits per heavy atom. The number of anilines is 1. The number of halogens is 3. The summed E-state index contributed by atoms with van der Waals surface area (Å²) in [5.74, 6) is -1.12. The SMILES string of the molecule is C/C(CC(=O)O)=N/Nc1nnc2c(n1)[nH]c1cccc(C(F)(F)F)c12. The summed E-state index contributed by atoms with van der Waals surface area (Å²) in [7, 11) is 0. The molecule has 11 heteroatoms. The number of aliphatic carboxylic acids is 1. The molecule has 0 aliphatic heterocycles. The minimum Gasteiger partial charge on any atom is -0.481 e. The maximum atomic E-state index is 13.2. The number of fused-ring (bicyclic) bond motifs is 3. The van der Waals surface area contributed by atoms with Crippen molar-refractivity contribution >= 4 is 39.7 Å². The van der Waals surface area contributed by atoms with Crippen molar-refractivity contribution in [1.82, 2.24) is 20.2 Å². The third-order valence-corrected chi connectivity index (χ3v) is 3.30. The molecule has 0 bridgehead atoms. The predicted octanol–water partition coefficient (Wildman–Crippen LogP) is 2.79. The van der Waals surface area contributed by atoms with Crippen LogP contribution >= 0.6 is 0 Å². The average Bonchev–Trinajstić information content (AvgIpc) is 2.88. The smallest absolute Gasteiger partial charge is 0.417 e. The lowest BCUT2D eigenvalue weighted by atomic mass is 10.1. The first-order chi connectivity index (χ1) is 11.8. The molecule has 2 heterocycles. The highest BCUT2D eigenvalue weighted by molar-refractivity contribution is 6.05. The number of hydrogen-bond donors (Lipinski definition) is 3. The van der Waals surface area contributed by atoms with Gasteiger partial charge in [-0.05, 0) is 19.1 Å². The Bertz CT molecular complexity index is 995. The van der Waals surface area contributed by atoms with Gasteiger partial charge in [0.15, 0.2) is 5.65 Å². The highest BCUT2D eigenvalue weighted by Gasteiger charge is 2.34. The molecule has 0 aliphatic carbocycles. The lowest BCUT2D eigenvalue weighted by Crippen LogP contribution is -2.07. The van der Waals surface area contributed by atoms with Gasteiger partial charge in [0.25, 0.3) is 5.95 Å². The molecule has 1 aromatic carbocycles. The molecular formula is C14H11F3N6O2. The number of hydrogen-bond acceptors (Lipinski definition) is 6. The average molecular weight is 352 g/mol. The van der Waals surface area contributed by atoms with Gasteiger partial charge in [0.2, 0.25) is 0 Å². The predicted molar refractivity (Wildman–Crippen MR) is 83.2 cm³/mol. The minimum atomic E-state index is -4.54. The van der Waals surface area contributed by atoms with E-state index in [1.807, 2.05) is 0 Å². The first-order valence-corrected chi connectivity index (χ1v) is 6.99. The van der Waals surface area contributed by atoms with Gasteiger partial charge in [0.05, 0.1) is 12.0 Å². The Kier molecular flexibility index (Phi) is 3.99. The number of carboxylic acid groups (broad SMARTS) is 1. The quantitative estimate of drug-likeness (QED) is 0.491. The van der Waals surface area contributed by atoms with E-state index in [2.05, 4.69) is 30.7 Å². The van der Waals surface area contributed by atoms with E-state index in [4.69, 9.17) is 5.11 Å². The number of aromatic amines is 1. The zero-order chi connectivity index (χ0) is 18.2. The molecule has 3 aromatic rings. The van der Waals surface area contributed by atoms with Crippen LogP contribution in [0.4, 0.5) is 19.1 Å². The summed E-state index contributed by atoms with van der Waals surface area (Å²) in [6, 6.07) is 3.73. The summed E-state index contributed by atoms with van der Waals surface area (Å²) >= 11 is 0. The maximum absolute atomic E-state index is 13.2. The van der Waals surface area contributed by atoms with Crippen LogP contribution in [0.1, 0.15) is 18.9 Å². The van der Waals surface area contributed by atoms with E-state index in [9.17, 15) is 18.0 Å². The summed E-state index contributed by atoms with van der Waals surface area (Å²) in [5, 5.41) is 19.8. The van der Waals surface area contributed by atoms with Crippen LogP contribution in [0, 0.1) is 0 Å². The number of carboxylic acids is 1. The van der Waals surface area contributed by atoms with Gasteiger partial charge in [-0.1, -0.05) is 6.07 Å². The van der Waals surface area contributed by atoms with Gasteiger partial charge < -0.3 is 10.1 Å². The molecule has 25 heavy (non-hydrogen) atoms. The lowest BCUT2D eigenvalue weighted by Gasteiger charge is -2.07. The molecule has 0 amide bonds. The number of aromatic nitrogens is 4. The van der Waals surface area contributed by atoms with Crippen LogP contribution in [0.2, 0.25) is 0 Å². The second kappa shape index (κ2) is 6.00. The molecule has 0 radical (unpaired) electrons. The fraction of sp³-hybridized carbons (Fsp3) is 0.214. The van der Waals surface area contributed by atoms with Crippen LogP contribution in [-0.4, -0.2) is 37.0 Å². The molecule has 0 saturated carbocycles. The van der Waals surface area contributed by atoms with Crippen molar-refractivity contribution in [3.05, 3.63) is 23.8 Å². The number of H-pyrrole nitrogens is 1. The highest BCUT2D eigenvalue weighted by atomic mass is 19.4. The summed E-state index contributed by atoms with van der Waals surface area (Å²) in [6.45, 7) is 1.49. The minimum absolute atomic E-state index is 0.0142. The second-order valence-corrected chi connectivity index (χ2v) is 5.21. The van der Waals surface area contributed by atoms with E-state index >= 15 is 0 Å². The fourth-order valence-corrected chi connectivity index (χ4v) is 2.31. The lowest BCUT2D eigenvalue weighted by molar-refractivity contribution is -0.136. The molecule has 0 saturated heterocycles. The summed E-state index contributed by atoms with van der Waals surface area (Å²) in [4.78, 5) is 17.3. The Morgan fingerprint density at radius 2 is 2.12 bits per heavy atom. The molecule has 0 fully saturated rings. The molecule has 8 nitrogen and oxygen atoms in total. The number of nitrogens with zero attached hydrogens (tertiary/aromatic N) is 4. The number of benzene rings is 1. The van der Waals surface area contributed by atoms with Gasteiger partial charge in [0, 0.05) is 16.6 Å². The Labute approximate surface area is 137 Å². The molecular weight excluding hydrogens is 341 g/mol. The number of nitrogens with one attached hydrogen (secondary N) is 2. The van der Waals surface area contributed by atoms with E-state index in [0.717, 1.165) is 6.07 Å². The molecule has 0 aliphatic rings. The van der Waals surface area contributed by atoms with Crippen LogP contribution in [-0.2, 0) is 11.0 Å². The Hall–Kier alpha value is -3.24. The molecule has 0 atom stereocenters. The Balaban J connectivity index is 2.02. The molecule has 130 valence electrons. The van der Waals surface area contributed by atoms with Gasteiger partial charge in [-0.15, -0.1) is 10.2 Å². The normalized spacial score (nSPS) is 12.7. The zero-order valence-electron chi connectivity index (χ0n) is 12.7. The molecule has 3 rings (SSSR count). The van der Waals surface area contributed by atoms with Gasteiger partial charge in [-0.3, -0.25) is 4.79 Å². The first-order valence-electron chi connectivity index (χ1n) is 6.99. The van der Waals surface area contributed by atoms with Crippen LogP contribution in [0.3, 0.4) is 0 Å². The van der Waals surface area contributed by atoms with Crippen molar-refractivity contribution in [2.75, 3.05) is 5.43 Å². The van der Waals surface area contributed by atoms with Crippen molar-refractivity contribution in [2.24, 2.45) is 5.10 Å². The van der Waals surface area contributed by atoms with Crippen molar-refractivity contribution < 1.29 is 23.1 Å². The molecule has 0 unspecified atom stereocenters. The number of hydrazone groups is 1. The van der Waals surface area contributed by atoms with Crippen molar-refractivity contribution in [2.45, 2.75) is 19.5 Å². The standard InChI is InChI=1S/C14H11F3N6O2/c1-6(5-9(24)25)20-22-13-19-12-11(21-23-13)10-7(14(15,16)17)3-2-4-8(10)18-12/h2-4H,5H2,1H3,(H,24,25)(H2,18,19,22,23)/b20-6-. The van der Waals surface area contributed by atoms with Crippen molar-refractivity contribution in [3.63, 3.8) is 0 Å². The molecule has 0 spiro atoms. The number of alkyl halides is 3. The fourth-order valence-electron chi connectivity index (χ4n) is 2.31. The third-order valence-electron chi connectivity index (χ3n) is 3.30. The largest absolute Gasteiger partial charge is 0.481 e. The maximum Gasteiger partial charge on any atom is 0.417 e. The Morgan fingerprint density at radius 1 is 1.36 bits per heavy atom. The van der Waals surface area contributed by atoms with E-state index in [0.29, 0.717) is 0 Å². The van der Waals surface area contributed by atoms with E-state index < -0.39 is 17.7 Å². The topological polar surface area (TPSA) is 116 Å². The van der Waals surface area contributed by atoms with Crippen LogP contribution < -0.4 is 5.43 Å². The van der Waals surface area contributed by atoms with E-state index in [1.165, 1.54) is 19.1 Å². The molecule has 2 aromatic heterocycles. The molecule has 3 N–H and O–H groups in total. The monoisotopic (exact) mass is 352 g/mol. The van der Waals surface area contributed by atoms with Gasteiger partial charge >= 0.3 is 12.1 Å². The summed E-state index contributed by atoms with van der Waals surface area (Å²) in [6.07, 6.45) is -4.81. The zero-order valence-corrected chi connectivity index (χ0v) is 12.7. The van der Waals surface area contributed by atoms with E-state index in [-0.39, 0.29) is 40.1 Å². The number of carbonyl (C=O) groups is 1. The first kappa shape index (κ1) is 16.6.